The second-order valence-electron chi connectivity index (χ2n) is 10.7. The summed E-state index contributed by atoms with van der Waals surface area (Å²) < 4.78 is 69.5. The maximum Gasteiger partial charge on any atom is 0.573 e. The zero-order valence-corrected chi connectivity index (χ0v) is 24.8. The van der Waals surface area contributed by atoms with Gasteiger partial charge in [0.1, 0.15) is 0 Å². The molecule has 0 spiro atoms. The van der Waals surface area contributed by atoms with E-state index >= 15 is 0 Å². The molecule has 0 bridgehead atoms. The van der Waals surface area contributed by atoms with Gasteiger partial charge in [-0.25, -0.2) is 8.78 Å². The molecule has 0 aromatic heterocycles. The summed E-state index contributed by atoms with van der Waals surface area (Å²) >= 11 is 0. The Balaban J connectivity index is 0.000000277. The second kappa shape index (κ2) is 13.8. The molecule has 228 valence electrons. The van der Waals surface area contributed by atoms with Crippen LogP contribution in [0.25, 0.3) is 44.2 Å². The van der Waals surface area contributed by atoms with E-state index in [1.54, 1.807) is 6.07 Å². The lowest BCUT2D eigenvalue weighted by Crippen LogP contribution is -2.19. The van der Waals surface area contributed by atoms with Crippen molar-refractivity contribution >= 4 is 10.8 Å². The maximum atomic E-state index is 14.5. The van der Waals surface area contributed by atoms with Crippen molar-refractivity contribution in [1.29, 1.82) is 0 Å². The smallest absolute Gasteiger partial charge is 0.399 e. The minimum Gasteiger partial charge on any atom is -0.399 e. The summed E-state index contributed by atoms with van der Waals surface area (Å²) in [5.74, 6) is -3.75. The Morgan fingerprint density at radius 2 is 1.02 bits per heavy atom. The number of alkyl halides is 3. The number of fused-ring (bicyclic) bond motifs is 1. The van der Waals surface area contributed by atoms with Crippen molar-refractivity contribution < 1.29 is 26.7 Å². The Bertz CT molecular complexity index is 1810. The molecule has 0 saturated heterocycles. The molecule has 0 aliphatic rings. The van der Waals surface area contributed by atoms with Crippen molar-refractivity contribution in [2.24, 2.45) is 0 Å². The predicted octanol–water partition coefficient (Wildman–Crippen LogP) is 12.2. The lowest BCUT2D eigenvalue weighted by molar-refractivity contribution is -0.276. The summed E-state index contributed by atoms with van der Waals surface area (Å²) in [5, 5.41) is -0.0147. The van der Waals surface area contributed by atoms with Gasteiger partial charge in [0, 0.05) is 5.39 Å². The van der Waals surface area contributed by atoms with Crippen molar-refractivity contribution in [3.63, 3.8) is 0 Å². The average Bonchev–Trinajstić information content (AvgIpc) is 3.07. The second-order valence-corrected chi connectivity index (χ2v) is 10.7. The highest BCUT2D eigenvalue weighted by Gasteiger charge is 2.34. The Morgan fingerprint density at radius 3 is 1.51 bits per heavy atom. The minimum atomic E-state index is -5.19. The van der Waals surface area contributed by atoms with Gasteiger partial charge in [0.25, 0.3) is 0 Å². The first-order chi connectivity index (χ1) is 21.6. The molecule has 0 N–H and O–H groups in total. The molecule has 1 nitrogen and oxygen atoms in total. The van der Waals surface area contributed by atoms with Gasteiger partial charge in [0.15, 0.2) is 11.6 Å². The van der Waals surface area contributed by atoms with E-state index in [1.165, 1.54) is 28.8 Å². The lowest BCUT2D eigenvalue weighted by atomic mass is 9.95. The van der Waals surface area contributed by atoms with Gasteiger partial charge in [-0.15, -0.1) is 13.2 Å². The van der Waals surface area contributed by atoms with E-state index in [4.69, 9.17) is 0 Å². The summed E-state index contributed by atoms with van der Waals surface area (Å²) in [7, 11) is 0. The van der Waals surface area contributed by atoms with E-state index in [2.05, 4.69) is 91.4 Å². The molecule has 1 atom stereocenters. The van der Waals surface area contributed by atoms with Crippen LogP contribution < -0.4 is 4.74 Å². The van der Waals surface area contributed by atoms with Gasteiger partial charge in [-0.3, -0.25) is 0 Å². The maximum absolute atomic E-state index is 14.5. The molecule has 45 heavy (non-hydrogen) atoms. The van der Waals surface area contributed by atoms with Crippen LogP contribution in [0.5, 0.6) is 5.75 Å². The summed E-state index contributed by atoms with van der Waals surface area (Å²) in [6.45, 7) is 4.34. The molecule has 0 fully saturated rings. The SMILES string of the molecule is CCC(C)c1ccc(-c2ccc(-c3ccc4c(F)c(OC(F)(F)F)c(F)cc4c3)cc2)cc1.c1ccc(-c2ccccc2)cc1. The number of hydrogen-bond acceptors (Lipinski definition) is 1. The third-order valence-electron chi connectivity index (χ3n) is 7.73. The summed E-state index contributed by atoms with van der Waals surface area (Å²) in [6.07, 6.45) is -4.12. The number of rotatable bonds is 6. The largest absolute Gasteiger partial charge is 0.573 e. The Labute approximate surface area is 259 Å². The van der Waals surface area contributed by atoms with Crippen LogP contribution in [0.15, 0.2) is 133 Å². The van der Waals surface area contributed by atoms with Crippen LogP contribution in [-0.4, -0.2) is 6.36 Å². The normalized spacial score (nSPS) is 11.9. The van der Waals surface area contributed by atoms with Crippen LogP contribution in [0.2, 0.25) is 0 Å². The van der Waals surface area contributed by atoms with E-state index in [0.717, 1.165) is 29.2 Å². The van der Waals surface area contributed by atoms with Gasteiger partial charge in [-0.05, 0) is 68.8 Å². The quantitative estimate of drug-likeness (QED) is 0.171. The highest BCUT2D eigenvalue weighted by molar-refractivity contribution is 5.89. The molecular weight excluding hydrogens is 579 g/mol. The topological polar surface area (TPSA) is 9.23 Å². The van der Waals surface area contributed by atoms with Gasteiger partial charge in [0.05, 0.1) is 0 Å². The first-order valence-electron chi connectivity index (χ1n) is 14.6. The molecule has 1 unspecified atom stereocenters. The molecule has 6 aromatic carbocycles. The van der Waals surface area contributed by atoms with Gasteiger partial charge in [-0.1, -0.05) is 135 Å². The van der Waals surface area contributed by atoms with Gasteiger partial charge < -0.3 is 4.74 Å². The molecule has 0 amide bonds. The molecule has 0 aliphatic carbocycles. The van der Waals surface area contributed by atoms with Crippen LogP contribution in [0.3, 0.4) is 0 Å². The van der Waals surface area contributed by atoms with Crippen LogP contribution in [0, 0.1) is 11.6 Å². The van der Waals surface area contributed by atoms with E-state index < -0.39 is 23.7 Å². The highest BCUT2D eigenvalue weighted by atomic mass is 19.4. The third-order valence-corrected chi connectivity index (χ3v) is 7.73. The lowest BCUT2D eigenvalue weighted by Gasteiger charge is -2.13. The Kier molecular flexibility index (Phi) is 9.62. The van der Waals surface area contributed by atoms with Gasteiger partial charge in [0.2, 0.25) is 5.75 Å². The Morgan fingerprint density at radius 1 is 0.578 bits per heavy atom. The number of benzene rings is 6. The number of hydrogen-bond donors (Lipinski definition) is 0. The first-order valence-corrected chi connectivity index (χ1v) is 14.6. The standard InChI is InChI=1S/C27H21F5O.C12H10/c1-3-16(2)17-4-6-18(7-5-17)19-8-10-20(11-9-19)21-12-13-23-22(14-21)15-24(28)26(25(23)29)33-27(30,31)32;1-3-7-11(8-4-1)12-9-5-2-6-10-12/h4-16H,3H2,1-2H3;1-10H. The van der Waals surface area contributed by atoms with Crippen molar-refractivity contribution in [2.45, 2.75) is 32.5 Å². The van der Waals surface area contributed by atoms with Crippen LogP contribution in [0.4, 0.5) is 22.0 Å². The minimum absolute atomic E-state index is 0.140. The highest BCUT2D eigenvalue weighted by Crippen LogP contribution is 2.36. The van der Waals surface area contributed by atoms with E-state index in [0.29, 0.717) is 11.5 Å². The van der Waals surface area contributed by atoms with E-state index in [-0.39, 0.29) is 10.8 Å². The zero-order valence-electron chi connectivity index (χ0n) is 24.8. The van der Waals surface area contributed by atoms with Crippen molar-refractivity contribution in [1.82, 2.24) is 0 Å². The van der Waals surface area contributed by atoms with E-state index in [1.807, 2.05) is 36.4 Å². The molecule has 6 aromatic rings. The fraction of sp³-hybridized carbons (Fsp3) is 0.128. The Hall–Kier alpha value is -4.97. The molecule has 0 saturated carbocycles. The first kappa shape index (κ1) is 31.5. The fourth-order valence-electron chi connectivity index (χ4n) is 5.06. The molecule has 0 aliphatic heterocycles. The third kappa shape index (κ3) is 7.76. The molecular formula is C39H31F5O. The van der Waals surface area contributed by atoms with Gasteiger partial charge >= 0.3 is 6.36 Å². The van der Waals surface area contributed by atoms with Gasteiger partial charge in [-0.2, -0.15) is 0 Å². The number of halogens is 5. The zero-order chi connectivity index (χ0) is 32.0. The fourth-order valence-corrected chi connectivity index (χ4v) is 5.06. The average molecular weight is 611 g/mol. The van der Waals surface area contributed by atoms with Crippen molar-refractivity contribution in [3.05, 3.63) is 151 Å². The summed E-state index contributed by atoms with van der Waals surface area (Å²) in [6, 6.07) is 42.2. The summed E-state index contributed by atoms with van der Waals surface area (Å²) in [5.41, 5.74) is 7.45. The number of ether oxygens (including phenoxy) is 1. The van der Waals surface area contributed by atoms with Crippen LogP contribution in [0.1, 0.15) is 31.7 Å². The molecule has 6 rings (SSSR count). The monoisotopic (exact) mass is 610 g/mol. The molecule has 0 radical (unpaired) electrons. The predicted molar refractivity (Wildman–Crippen MR) is 172 cm³/mol. The van der Waals surface area contributed by atoms with E-state index in [9.17, 15) is 22.0 Å². The molecule has 6 heteroatoms. The van der Waals surface area contributed by atoms with Crippen molar-refractivity contribution in [3.8, 4) is 39.1 Å². The van der Waals surface area contributed by atoms with Crippen molar-refractivity contribution in [2.75, 3.05) is 0 Å². The van der Waals surface area contributed by atoms with Crippen LogP contribution >= 0.6 is 0 Å². The van der Waals surface area contributed by atoms with Crippen LogP contribution in [-0.2, 0) is 0 Å². The molecule has 0 heterocycles. The summed E-state index contributed by atoms with van der Waals surface area (Å²) in [4.78, 5) is 0.